The minimum absolute atomic E-state index is 0.160. The molecule has 5 nitrogen and oxygen atoms in total. The highest BCUT2D eigenvalue weighted by Crippen LogP contribution is 2.43. The lowest BCUT2D eigenvalue weighted by molar-refractivity contribution is 0.0731. The number of fused-ring (bicyclic) bond motifs is 8. The molecule has 294 valence electrons. The summed E-state index contributed by atoms with van der Waals surface area (Å²) in [5.41, 5.74) is 9.48. The van der Waals surface area contributed by atoms with Crippen LogP contribution in [0.3, 0.4) is 0 Å². The van der Waals surface area contributed by atoms with Gasteiger partial charge in [-0.2, -0.15) is 0 Å². The molecule has 5 aromatic rings. The Balaban J connectivity index is 1.72. The summed E-state index contributed by atoms with van der Waals surface area (Å²) in [5.74, 6) is 0.447. The third-order valence-corrected chi connectivity index (χ3v) is 11.2. The summed E-state index contributed by atoms with van der Waals surface area (Å²) < 4.78 is 6.45. The van der Waals surface area contributed by atoms with Crippen molar-refractivity contribution < 1.29 is 24.9 Å². The maximum Gasteiger partial charge on any atom is 0.343 e. The molecule has 6 rings (SSSR count). The summed E-state index contributed by atoms with van der Waals surface area (Å²) >= 11 is 0. The highest BCUT2D eigenvalue weighted by Gasteiger charge is 2.29. The predicted octanol–water partition coefficient (Wildman–Crippen LogP) is 11.9. The number of benzene rings is 5. The fourth-order valence-corrected chi connectivity index (χ4v) is 7.52. The number of carbonyl (C=O) groups excluding carboxylic acids is 1. The second-order valence-electron chi connectivity index (χ2n) is 20.0. The van der Waals surface area contributed by atoms with Gasteiger partial charge in [0.15, 0.2) is 0 Å². The second kappa shape index (κ2) is 14.5. The van der Waals surface area contributed by atoms with Crippen molar-refractivity contribution in [3.05, 3.63) is 151 Å². The highest BCUT2D eigenvalue weighted by atomic mass is 16.5. The molecule has 0 fully saturated rings. The molecule has 0 saturated carbocycles. The molecule has 3 N–H and O–H groups in total. The van der Waals surface area contributed by atoms with Crippen molar-refractivity contribution in [2.45, 2.75) is 130 Å². The number of phenols is 3. The van der Waals surface area contributed by atoms with E-state index in [-0.39, 0.29) is 51.8 Å². The first-order chi connectivity index (χ1) is 25.9. The number of hydrogen-bond acceptors (Lipinski definition) is 5. The van der Waals surface area contributed by atoms with Crippen LogP contribution in [-0.4, -0.2) is 21.3 Å². The van der Waals surface area contributed by atoms with Gasteiger partial charge in [-0.05, 0) is 89.4 Å². The first-order valence-electron chi connectivity index (χ1n) is 19.9. The lowest BCUT2D eigenvalue weighted by atomic mass is 9.79. The molecule has 1 aliphatic rings. The van der Waals surface area contributed by atoms with Crippen LogP contribution >= 0.6 is 0 Å². The lowest BCUT2D eigenvalue weighted by Gasteiger charge is -2.27. The maximum absolute atomic E-state index is 13.9. The molecule has 0 saturated heterocycles. The van der Waals surface area contributed by atoms with Crippen LogP contribution < -0.4 is 4.74 Å². The maximum atomic E-state index is 13.9. The van der Waals surface area contributed by atoms with Crippen LogP contribution in [0.4, 0.5) is 0 Å². The van der Waals surface area contributed by atoms with Crippen LogP contribution in [0.1, 0.15) is 160 Å². The molecule has 0 radical (unpaired) electrons. The van der Waals surface area contributed by atoms with Crippen molar-refractivity contribution >= 4 is 5.97 Å². The van der Waals surface area contributed by atoms with E-state index in [1.807, 2.05) is 18.2 Å². The standard InChI is InChI=1S/C51H60O5/c1-48(2,3)39-22-31-18-33-24-40(49(4,5)6)26-35(44(33)53)20-37-28-42(51(10,11)12)29-38(46(37)56-47(55)30-16-14-13-15-17-30)21-36-27-41(50(7,8)9)25-34(45(36)54)19-32(23-39)43(31)52/h13-17,22-29,52-54H,18-21H2,1-12H3. The van der Waals surface area contributed by atoms with Gasteiger partial charge < -0.3 is 20.1 Å². The zero-order valence-corrected chi connectivity index (χ0v) is 35.5. The van der Waals surface area contributed by atoms with Crippen LogP contribution in [-0.2, 0) is 47.3 Å². The zero-order valence-electron chi connectivity index (χ0n) is 35.5. The predicted molar refractivity (Wildman–Crippen MR) is 228 cm³/mol. The van der Waals surface area contributed by atoms with Gasteiger partial charge in [0.05, 0.1) is 5.56 Å². The van der Waals surface area contributed by atoms with Crippen molar-refractivity contribution in [2.24, 2.45) is 0 Å². The van der Waals surface area contributed by atoms with Gasteiger partial charge in [-0.3, -0.25) is 0 Å². The van der Waals surface area contributed by atoms with E-state index in [0.717, 1.165) is 33.4 Å². The van der Waals surface area contributed by atoms with Crippen LogP contribution in [0.15, 0.2) is 78.9 Å². The number of ether oxygens (including phenoxy) is 1. The van der Waals surface area contributed by atoms with Gasteiger partial charge >= 0.3 is 5.97 Å². The molecule has 56 heavy (non-hydrogen) atoms. The van der Waals surface area contributed by atoms with Crippen LogP contribution in [0.5, 0.6) is 23.0 Å². The first kappa shape index (κ1) is 40.6. The summed E-state index contributed by atoms with van der Waals surface area (Å²) in [6.45, 7) is 25.9. The molecule has 5 heteroatoms. The number of aromatic hydroxyl groups is 3. The Morgan fingerprint density at radius 2 is 0.679 bits per heavy atom. The van der Waals surface area contributed by atoms with Crippen molar-refractivity contribution in [3.63, 3.8) is 0 Å². The van der Waals surface area contributed by atoms with E-state index in [0.29, 0.717) is 57.5 Å². The number of esters is 1. The van der Waals surface area contributed by atoms with E-state index in [1.165, 1.54) is 0 Å². The summed E-state index contributed by atoms with van der Waals surface area (Å²) in [4.78, 5) is 13.9. The summed E-state index contributed by atoms with van der Waals surface area (Å²) in [6, 6.07) is 25.6. The van der Waals surface area contributed by atoms with Gasteiger partial charge in [-0.25, -0.2) is 4.79 Å². The molecule has 1 aliphatic carbocycles. The Labute approximate surface area is 334 Å². The fraction of sp³-hybridized carbons (Fsp3) is 0.392. The molecule has 8 bridgehead atoms. The van der Waals surface area contributed by atoms with Crippen molar-refractivity contribution in [2.75, 3.05) is 0 Å². The van der Waals surface area contributed by atoms with Crippen LogP contribution in [0.25, 0.3) is 0 Å². The Hall–Kier alpha value is -5.03. The second-order valence-corrected chi connectivity index (χ2v) is 20.0. The third-order valence-electron chi connectivity index (χ3n) is 11.2. The smallest absolute Gasteiger partial charge is 0.343 e. The molecular weight excluding hydrogens is 693 g/mol. The van der Waals surface area contributed by atoms with E-state index in [2.05, 4.69) is 132 Å². The average molecular weight is 753 g/mol. The Kier molecular flexibility index (Phi) is 10.5. The minimum Gasteiger partial charge on any atom is -0.507 e. The topological polar surface area (TPSA) is 87.0 Å². The van der Waals surface area contributed by atoms with Gasteiger partial charge in [-0.15, -0.1) is 0 Å². The molecule has 0 spiro atoms. The third kappa shape index (κ3) is 8.53. The monoisotopic (exact) mass is 752 g/mol. The molecule has 0 heterocycles. The van der Waals surface area contributed by atoms with Crippen molar-refractivity contribution in [3.8, 4) is 23.0 Å². The lowest BCUT2D eigenvalue weighted by Crippen LogP contribution is -2.17. The molecule has 0 amide bonds. The van der Waals surface area contributed by atoms with E-state index in [1.54, 1.807) is 12.1 Å². The quantitative estimate of drug-likeness (QED) is 0.121. The molecule has 5 aromatic carbocycles. The fourth-order valence-electron chi connectivity index (χ4n) is 7.52. The number of carbonyl (C=O) groups is 1. The minimum atomic E-state index is -0.476. The molecular formula is C51H60O5. The van der Waals surface area contributed by atoms with E-state index < -0.39 is 5.97 Å². The molecule has 0 unspecified atom stereocenters. The van der Waals surface area contributed by atoms with Crippen molar-refractivity contribution in [1.29, 1.82) is 0 Å². The van der Waals surface area contributed by atoms with Gasteiger partial charge in [0.1, 0.15) is 23.0 Å². The largest absolute Gasteiger partial charge is 0.507 e. The molecule has 0 aromatic heterocycles. The van der Waals surface area contributed by atoms with Gasteiger partial charge in [0.2, 0.25) is 0 Å². The van der Waals surface area contributed by atoms with Gasteiger partial charge in [-0.1, -0.05) is 150 Å². The van der Waals surface area contributed by atoms with Crippen molar-refractivity contribution in [1.82, 2.24) is 0 Å². The van der Waals surface area contributed by atoms with E-state index in [9.17, 15) is 20.1 Å². The van der Waals surface area contributed by atoms with Crippen LogP contribution in [0.2, 0.25) is 0 Å². The van der Waals surface area contributed by atoms with Gasteiger partial charge in [0, 0.05) is 36.8 Å². The Morgan fingerprint density at radius 1 is 0.429 bits per heavy atom. The molecule has 0 aliphatic heterocycles. The normalized spacial score (nSPS) is 13.7. The van der Waals surface area contributed by atoms with E-state index in [4.69, 9.17) is 4.74 Å². The Morgan fingerprint density at radius 3 is 0.946 bits per heavy atom. The average Bonchev–Trinajstić information content (AvgIpc) is 3.08. The summed E-state index contributed by atoms with van der Waals surface area (Å²) in [5, 5.41) is 36.5. The van der Waals surface area contributed by atoms with E-state index >= 15 is 0 Å². The summed E-state index contributed by atoms with van der Waals surface area (Å²) in [7, 11) is 0. The number of phenolic OH excluding ortho intramolecular Hbond substituents is 3. The first-order valence-corrected chi connectivity index (χ1v) is 19.9. The van der Waals surface area contributed by atoms with Crippen LogP contribution in [0, 0.1) is 0 Å². The van der Waals surface area contributed by atoms with Gasteiger partial charge in [0.25, 0.3) is 0 Å². The number of hydrogen-bond donors (Lipinski definition) is 3. The number of rotatable bonds is 2. The summed E-state index contributed by atoms with van der Waals surface area (Å²) in [6.07, 6.45) is 1.17. The Bertz CT molecular complexity index is 2180. The zero-order chi connectivity index (χ0) is 41.1. The SMILES string of the molecule is CC(C)(C)c1cc2c(O)c(c1)Cc1cc(C(C)(C)C)cc(c1O)Cc1cc(C(C)(C)C)cc(c1OC(=O)c1ccccc1)Cc1cc(C(C)(C)C)cc(c1O)C2. The molecule has 0 atom stereocenters. The highest BCUT2D eigenvalue weighted by molar-refractivity contribution is 5.91.